The van der Waals surface area contributed by atoms with Gasteiger partial charge < -0.3 is 15.2 Å². The van der Waals surface area contributed by atoms with E-state index in [1.54, 1.807) is 62.0 Å². The number of nitrogens with one attached hydrogen (secondary N) is 2. The molecule has 0 aliphatic carbocycles. The number of rotatable bonds is 5. The highest BCUT2D eigenvalue weighted by Crippen LogP contribution is 2.32. The van der Waals surface area contributed by atoms with Crippen LogP contribution in [0.15, 0.2) is 54.9 Å². The molecule has 0 aliphatic rings. The normalized spacial score (nSPS) is 11.8. The first kappa shape index (κ1) is 17.0. The second kappa shape index (κ2) is 7.38. The van der Waals surface area contributed by atoms with Gasteiger partial charge in [-0.1, -0.05) is 29.8 Å². The number of aromatic nitrogens is 2. The van der Waals surface area contributed by atoms with E-state index >= 15 is 0 Å². The Morgan fingerprint density at radius 1 is 1.32 bits per heavy atom. The highest BCUT2D eigenvalue weighted by atomic mass is 35.5. The molecular weight excluding hydrogens is 342 g/mol. The van der Waals surface area contributed by atoms with Crippen molar-refractivity contribution in [2.75, 3.05) is 12.4 Å². The van der Waals surface area contributed by atoms with Gasteiger partial charge in [-0.3, -0.25) is 9.89 Å². The fourth-order valence-corrected chi connectivity index (χ4v) is 2.69. The zero-order chi connectivity index (χ0) is 17.8. The lowest BCUT2D eigenvalue weighted by Gasteiger charge is -2.14. The average Bonchev–Trinajstić information content (AvgIpc) is 3.15. The molecule has 0 bridgehead atoms. The zero-order valence-electron chi connectivity index (χ0n) is 13.4. The predicted octanol–water partition coefficient (Wildman–Crippen LogP) is 3.41. The smallest absolute Gasteiger partial charge is 0.257 e. The van der Waals surface area contributed by atoms with E-state index in [-0.39, 0.29) is 0 Å². The number of benzene rings is 2. The summed E-state index contributed by atoms with van der Waals surface area (Å²) in [5.74, 6) is -0.00218. The van der Waals surface area contributed by atoms with Gasteiger partial charge >= 0.3 is 0 Å². The second-order valence-electron chi connectivity index (χ2n) is 5.32. The fraction of sp³-hybridized carbons (Fsp3) is 0.111. The molecule has 3 aromatic rings. The van der Waals surface area contributed by atoms with E-state index in [0.717, 1.165) is 11.1 Å². The molecule has 0 spiro atoms. The molecule has 1 unspecified atom stereocenters. The van der Waals surface area contributed by atoms with Crippen LogP contribution in [-0.4, -0.2) is 28.3 Å². The summed E-state index contributed by atoms with van der Waals surface area (Å²) in [7, 11) is 1.54. The van der Waals surface area contributed by atoms with Gasteiger partial charge in [-0.25, -0.2) is 0 Å². The average molecular weight is 358 g/mol. The molecule has 0 fully saturated rings. The summed E-state index contributed by atoms with van der Waals surface area (Å²) in [5, 5.41) is 19.9. The number of methoxy groups -OCH3 is 1. The summed E-state index contributed by atoms with van der Waals surface area (Å²) in [6, 6.07) is 11.9. The molecular formula is C18H16ClN3O3. The van der Waals surface area contributed by atoms with E-state index < -0.39 is 12.0 Å². The predicted molar refractivity (Wildman–Crippen MR) is 95.6 cm³/mol. The molecule has 1 amide bonds. The first-order chi connectivity index (χ1) is 12.1. The lowest BCUT2D eigenvalue weighted by Crippen LogP contribution is -2.21. The molecule has 128 valence electrons. The minimum absolute atomic E-state index is 0.332. The molecule has 3 rings (SSSR count). The number of aliphatic hydroxyl groups is 1. The van der Waals surface area contributed by atoms with Crippen molar-refractivity contribution in [3.63, 3.8) is 0 Å². The molecule has 0 radical (unpaired) electrons. The van der Waals surface area contributed by atoms with Crippen molar-refractivity contribution < 1.29 is 14.6 Å². The Hall–Kier alpha value is -2.83. The maximum atomic E-state index is 12.3. The molecule has 0 saturated heterocycles. The number of hydrogen-bond donors (Lipinski definition) is 3. The third kappa shape index (κ3) is 3.65. The minimum atomic E-state index is -1.37. The zero-order valence-corrected chi connectivity index (χ0v) is 14.1. The molecule has 0 aliphatic heterocycles. The number of anilines is 1. The van der Waals surface area contributed by atoms with Crippen LogP contribution in [0.4, 0.5) is 5.69 Å². The number of H-pyrrole nitrogens is 1. The van der Waals surface area contributed by atoms with Crippen molar-refractivity contribution in [3.8, 4) is 16.9 Å². The molecule has 1 aromatic heterocycles. The number of aromatic amines is 1. The highest BCUT2D eigenvalue weighted by Gasteiger charge is 2.20. The van der Waals surface area contributed by atoms with Gasteiger partial charge in [0.25, 0.3) is 5.91 Å². The molecule has 6 nitrogen and oxygen atoms in total. The van der Waals surface area contributed by atoms with Crippen LogP contribution in [0.1, 0.15) is 11.7 Å². The Bertz CT molecular complexity index is 881. The number of carbonyl (C=O) groups excluding carboxylic acids is 1. The van der Waals surface area contributed by atoms with E-state index in [4.69, 9.17) is 16.3 Å². The summed E-state index contributed by atoms with van der Waals surface area (Å²) in [4.78, 5) is 12.3. The van der Waals surface area contributed by atoms with Crippen molar-refractivity contribution in [2.24, 2.45) is 0 Å². The van der Waals surface area contributed by atoms with Gasteiger partial charge in [0.15, 0.2) is 6.10 Å². The third-order valence-electron chi connectivity index (χ3n) is 3.73. The van der Waals surface area contributed by atoms with E-state index in [0.29, 0.717) is 22.0 Å². The van der Waals surface area contributed by atoms with Crippen molar-refractivity contribution in [1.29, 1.82) is 0 Å². The van der Waals surface area contributed by atoms with Crippen molar-refractivity contribution in [2.45, 2.75) is 6.10 Å². The van der Waals surface area contributed by atoms with Gasteiger partial charge in [0.1, 0.15) is 5.75 Å². The maximum Gasteiger partial charge on any atom is 0.257 e. The van der Waals surface area contributed by atoms with E-state index in [1.807, 2.05) is 0 Å². The Morgan fingerprint density at radius 2 is 2.12 bits per heavy atom. The quantitative estimate of drug-likeness (QED) is 0.653. The Kier molecular flexibility index (Phi) is 5.02. The van der Waals surface area contributed by atoms with Crippen LogP contribution < -0.4 is 10.1 Å². The van der Waals surface area contributed by atoms with Crippen LogP contribution in [0.2, 0.25) is 5.02 Å². The lowest BCUT2D eigenvalue weighted by atomic mass is 10.1. The van der Waals surface area contributed by atoms with Crippen molar-refractivity contribution in [1.82, 2.24) is 10.2 Å². The largest absolute Gasteiger partial charge is 0.496 e. The second-order valence-corrected chi connectivity index (χ2v) is 5.72. The number of ether oxygens (including phenoxy) is 1. The standard InChI is InChI=1S/C18H16ClN3O3/c1-25-16-8-12(6-7-13(16)11-9-20-21-10-11)22-18(24)17(23)14-4-2-3-5-15(14)19/h2-10,17,23H,1H3,(H,20,21)(H,22,24). The van der Waals surface area contributed by atoms with E-state index in [9.17, 15) is 9.90 Å². The number of amides is 1. The molecule has 25 heavy (non-hydrogen) atoms. The van der Waals surface area contributed by atoms with Crippen LogP contribution >= 0.6 is 11.6 Å². The van der Waals surface area contributed by atoms with Crippen LogP contribution in [0.3, 0.4) is 0 Å². The van der Waals surface area contributed by atoms with Crippen LogP contribution in [0.5, 0.6) is 5.75 Å². The SMILES string of the molecule is COc1cc(NC(=O)C(O)c2ccccc2Cl)ccc1-c1cn[nH]c1. The summed E-state index contributed by atoms with van der Waals surface area (Å²) in [6.45, 7) is 0. The Balaban J connectivity index is 1.81. The van der Waals surface area contributed by atoms with Crippen LogP contribution in [0, 0.1) is 0 Å². The van der Waals surface area contributed by atoms with Crippen molar-refractivity contribution >= 4 is 23.2 Å². The first-order valence-corrected chi connectivity index (χ1v) is 7.88. The summed E-state index contributed by atoms with van der Waals surface area (Å²) >= 11 is 6.02. The van der Waals surface area contributed by atoms with Gasteiger partial charge in [0.2, 0.25) is 0 Å². The highest BCUT2D eigenvalue weighted by molar-refractivity contribution is 6.31. The summed E-state index contributed by atoms with van der Waals surface area (Å²) in [6.07, 6.45) is 2.06. The fourth-order valence-electron chi connectivity index (χ4n) is 2.45. The third-order valence-corrected chi connectivity index (χ3v) is 4.07. The molecule has 3 N–H and O–H groups in total. The van der Waals surface area contributed by atoms with Crippen LogP contribution in [0.25, 0.3) is 11.1 Å². The van der Waals surface area contributed by atoms with Gasteiger partial charge in [0.05, 0.1) is 13.3 Å². The topological polar surface area (TPSA) is 87.2 Å². The Morgan fingerprint density at radius 3 is 2.80 bits per heavy atom. The summed E-state index contributed by atoms with van der Waals surface area (Å²) in [5.41, 5.74) is 2.55. The molecule has 1 atom stereocenters. The Labute approximate surface area is 149 Å². The van der Waals surface area contributed by atoms with Crippen LogP contribution in [-0.2, 0) is 4.79 Å². The minimum Gasteiger partial charge on any atom is -0.496 e. The number of hydrogen-bond acceptors (Lipinski definition) is 4. The molecule has 2 aromatic carbocycles. The maximum absolute atomic E-state index is 12.3. The number of nitrogens with zero attached hydrogens (tertiary/aromatic N) is 1. The van der Waals surface area contributed by atoms with Gasteiger partial charge in [-0.15, -0.1) is 0 Å². The lowest BCUT2D eigenvalue weighted by molar-refractivity contribution is -0.124. The molecule has 0 saturated carbocycles. The van der Waals surface area contributed by atoms with Gasteiger partial charge in [-0.05, 0) is 18.2 Å². The number of halogens is 1. The number of aliphatic hydroxyl groups excluding tert-OH is 1. The van der Waals surface area contributed by atoms with Crippen molar-refractivity contribution in [3.05, 3.63) is 65.4 Å². The van der Waals surface area contributed by atoms with Gasteiger partial charge in [0, 0.05) is 39.7 Å². The number of carbonyl (C=O) groups is 1. The first-order valence-electron chi connectivity index (χ1n) is 7.50. The molecule has 7 heteroatoms. The van der Waals surface area contributed by atoms with Gasteiger partial charge in [-0.2, -0.15) is 5.10 Å². The van der Waals surface area contributed by atoms with E-state index in [1.165, 1.54) is 0 Å². The monoisotopic (exact) mass is 357 g/mol. The summed E-state index contributed by atoms with van der Waals surface area (Å²) < 4.78 is 5.38. The van der Waals surface area contributed by atoms with E-state index in [2.05, 4.69) is 15.5 Å². The molecule has 1 heterocycles.